The molecule has 1 aromatic rings. The van der Waals surface area contributed by atoms with Crippen molar-refractivity contribution < 1.29 is 22.7 Å². The second-order valence-corrected chi connectivity index (χ2v) is 4.31. The average Bonchev–Trinajstić information content (AvgIpc) is 2.36. The van der Waals surface area contributed by atoms with Crippen molar-refractivity contribution in [3.05, 3.63) is 29.3 Å². The number of aldehydes is 1. The summed E-state index contributed by atoms with van der Waals surface area (Å²) in [6, 6.07) is 3.65. The molecular weight excluding hydrogens is 259 g/mol. The quantitative estimate of drug-likeness (QED) is 0.774. The Labute approximate surface area is 110 Å². The van der Waals surface area contributed by atoms with Crippen LogP contribution in [0.1, 0.15) is 22.8 Å². The molecule has 0 saturated carbocycles. The first-order valence-electron chi connectivity index (χ1n) is 5.70. The highest BCUT2D eigenvalue weighted by Gasteiger charge is 2.33. The summed E-state index contributed by atoms with van der Waals surface area (Å²) in [5.41, 5.74) is -0.886. The maximum absolute atomic E-state index is 12.8. The maximum Gasteiger partial charge on any atom is 0.417 e. The number of carbonyl (C=O) groups excluding carboxylic acids is 1. The second kappa shape index (κ2) is 6.06. The molecule has 0 aliphatic rings. The van der Waals surface area contributed by atoms with Gasteiger partial charge in [0, 0.05) is 32.0 Å². The smallest absolute Gasteiger partial charge is 0.380 e. The molecule has 1 aromatic carbocycles. The Morgan fingerprint density at radius 1 is 1.42 bits per heavy atom. The van der Waals surface area contributed by atoms with Gasteiger partial charge in [-0.3, -0.25) is 4.79 Å². The Bertz CT molecular complexity index is 446. The predicted molar refractivity (Wildman–Crippen MR) is 66.6 cm³/mol. The molecule has 1 rings (SSSR count). The molecule has 1 atom stereocenters. The lowest BCUT2D eigenvalue weighted by molar-refractivity contribution is -0.137. The molecule has 0 aliphatic heterocycles. The molecule has 6 heteroatoms. The Morgan fingerprint density at radius 3 is 2.53 bits per heavy atom. The van der Waals surface area contributed by atoms with Gasteiger partial charge in [0.15, 0.2) is 6.29 Å². The SMILES string of the molecule is COC(C)CN(C)c1ccc(C=O)c(C(F)(F)F)c1. The number of ether oxygens (including phenoxy) is 1. The minimum absolute atomic E-state index is 0.106. The van der Waals surface area contributed by atoms with Crippen molar-refractivity contribution in [2.75, 3.05) is 25.6 Å². The number of carbonyl (C=O) groups is 1. The molecule has 3 nitrogen and oxygen atoms in total. The Morgan fingerprint density at radius 2 is 2.05 bits per heavy atom. The third-order valence-corrected chi connectivity index (χ3v) is 2.84. The van der Waals surface area contributed by atoms with E-state index in [1.807, 2.05) is 6.92 Å². The summed E-state index contributed by atoms with van der Waals surface area (Å²) in [6.07, 6.45) is -4.44. The molecule has 1 unspecified atom stereocenters. The third kappa shape index (κ3) is 3.96. The van der Waals surface area contributed by atoms with Crippen molar-refractivity contribution in [2.24, 2.45) is 0 Å². The largest absolute Gasteiger partial charge is 0.417 e. The highest BCUT2D eigenvalue weighted by molar-refractivity contribution is 5.79. The van der Waals surface area contributed by atoms with Crippen LogP contribution in [0.4, 0.5) is 18.9 Å². The topological polar surface area (TPSA) is 29.5 Å². The van der Waals surface area contributed by atoms with Gasteiger partial charge in [0.05, 0.1) is 11.7 Å². The van der Waals surface area contributed by atoms with Gasteiger partial charge in [0.25, 0.3) is 0 Å². The predicted octanol–water partition coefficient (Wildman–Crippen LogP) is 2.99. The van der Waals surface area contributed by atoms with Gasteiger partial charge in [-0.2, -0.15) is 13.2 Å². The summed E-state index contributed by atoms with van der Waals surface area (Å²) >= 11 is 0. The zero-order chi connectivity index (χ0) is 14.6. The van der Waals surface area contributed by atoms with E-state index in [2.05, 4.69) is 0 Å². The van der Waals surface area contributed by atoms with Gasteiger partial charge in [-0.15, -0.1) is 0 Å². The molecule has 0 N–H and O–H groups in total. The molecule has 0 heterocycles. The first-order valence-corrected chi connectivity index (χ1v) is 5.70. The van der Waals surface area contributed by atoms with Gasteiger partial charge in [-0.1, -0.05) is 0 Å². The van der Waals surface area contributed by atoms with E-state index in [9.17, 15) is 18.0 Å². The van der Waals surface area contributed by atoms with Crippen molar-refractivity contribution in [3.63, 3.8) is 0 Å². The van der Waals surface area contributed by atoms with Crippen LogP contribution in [0.3, 0.4) is 0 Å². The fraction of sp³-hybridized carbons (Fsp3) is 0.462. The van der Waals surface area contributed by atoms with Crippen LogP contribution in [0, 0.1) is 0 Å². The van der Waals surface area contributed by atoms with Crippen molar-refractivity contribution in [1.29, 1.82) is 0 Å². The lowest BCUT2D eigenvalue weighted by Crippen LogP contribution is -2.28. The number of halogens is 3. The number of likely N-dealkylation sites (N-methyl/N-ethyl adjacent to an activating group) is 1. The lowest BCUT2D eigenvalue weighted by atomic mass is 10.1. The van der Waals surface area contributed by atoms with E-state index in [1.54, 1.807) is 11.9 Å². The molecule has 0 fully saturated rings. The number of methoxy groups -OCH3 is 1. The molecule has 106 valence electrons. The molecule has 19 heavy (non-hydrogen) atoms. The van der Waals surface area contributed by atoms with Gasteiger partial charge in [0.2, 0.25) is 0 Å². The summed E-state index contributed by atoms with van der Waals surface area (Å²) in [5.74, 6) is 0. The zero-order valence-corrected chi connectivity index (χ0v) is 11.0. The zero-order valence-electron chi connectivity index (χ0n) is 11.0. The van der Waals surface area contributed by atoms with Crippen molar-refractivity contribution >= 4 is 12.0 Å². The number of anilines is 1. The maximum atomic E-state index is 12.8. The second-order valence-electron chi connectivity index (χ2n) is 4.31. The fourth-order valence-electron chi connectivity index (χ4n) is 1.70. The molecular formula is C13H16F3NO2. The first kappa shape index (κ1) is 15.5. The van der Waals surface area contributed by atoms with E-state index in [0.717, 1.165) is 6.07 Å². The highest BCUT2D eigenvalue weighted by Crippen LogP contribution is 2.33. The van der Waals surface area contributed by atoms with Gasteiger partial charge in [-0.25, -0.2) is 0 Å². The van der Waals surface area contributed by atoms with Crippen LogP contribution < -0.4 is 4.90 Å². The summed E-state index contributed by atoms with van der Waals surface area (Å²) in [4.78, 5) is 12.3. The number of hydrogen-bond donors (Lipinski definition) is 0. The molecule has 0 aromatic heterocycles. The van der Waals surface area contributed by atoms with Crippen LogP contribution in [-0.2, 0) is 10.9 Å². The Balaban J connectivity index is 3.08. The van der Waals surface area contributed by atoms with E-state index in [1.165, 1.54) is 19.2 Å². The summed E-state index contributed by atoms with van der Waals surface area (Å²) in [7, 11) is 3.21. The van der Waals surface area contributed by atoms with E-state index >= 15 is 0 Å². The molecule has 0 amide bonds. The monoisotopic (exact) mass is 275 g/mol. The number of alkyl halides is 3. The van der Waals surface area contributed by atoms with Gasteiger partial charge >= 0.3 is 6.18 Å². The van der Waals surface area contributed by atoms with Crippen LogP contribution in [-0.4, -0.2) is 33.1 Å². The Hall–Kier alpha value is -1.56. The van der Waals surface area contributed by atoms with Crippen LogP contribution in [0.15, 0.2) is 18.2 Å². The number of hydrogen-bond acceptors (Lipinski definition) is 3. The summed E-state index contributed by atoms with van der Waals surface area (Å²) in [6.45, 7) is 2.27. The molecule has 0 bridgehead atoms. The molecule has 0 aliphatic carbocycles. The number of nitrogens with zero attached hydrogens (tertiary/aromatic N) is 1. The van der Waals surface area contributed by atoms with Gasteiger partial charge < -0.3 is 9.64 Å². The van der Waals surface area contributed by atoms with Crippen LogP contribution in [0.2, 0.25) is 0 Å². The van der Waals surface area contributed by atoms with E-state index < -0.39 is 11.7 Å². The lowest BCUT2D eigenvalue weighted by Gasteiger charge is -2.24. The molecule has 0 radical (unpaired) electrons. The molecule has 0 spiro atoms. The number of benzene rings is 1. The van der Waals surface area contributed by atoms with E-state index in [-0.39, 0.29) is 18.0 Å². The Kier molecular flexibility index (Phi) is 4.94. The average molecular weight is 275 g/mol. The van der Waals surface area contributed by atoms with Crippen LogP contribution in [0.5, 0.6) is 0 Å². The summed E-state index contributed by atoms with van der Waals surface area (Å²) < 4.78 is 43.5. The first-order chi connectivity index (χ1) is 8.79. The van der Waals surface area contributed by atoms with Crippen LogP contribution >= 0.6 is 0 Å². The highest BCUT2D eigenvalue weighted by atomic mass is 19.4. The summed E-state index contributed by atoms with van der Waals surface area (Å²) in [5, 5.41) is 0. The minimum Gasteiger partial charge on any atom is -0.380 e. The number of rotatable bonds is 5. The normalized spacial score (nSPS) is 13.2. The van der Waals surface area contributed by atoms with E-state index in [0.29, 0.717) is 12.2 Å². The van der Waals surface area contributed by atoms with Gasteiger partial charge in [-0.05, 0) is 25.1 Å². The third-order valence-electron chi connectivity index (χ3n) is 2.84. The van der Waals surface area contributed by atoms with Crippen molar-refractivity contribution in [3.8, 4) is 0 Å². The van der Waals surface area contributed by atoms with Crippen LogP contribution in [0.25, 0.3) is 0 Å². The fourth-order valence-corrected chi connectivity index (χ4v) is 1.70. The standard InChI is InChI=1S/C13H16F3NO2/c1-9(19-3)7-17(2)11-5-4-10(8-18)12(6-11)13(14,15)16/h4-6,8-9H,7H2,1-3H3. The van der Waals surface area contributed by atoms with E-state index in [4.69, 9.17) is 4.74 Å². The van der Waals surface area contributed by atoms with Gasteiger partial charge in [0.1, 0.15) is 0 Å². The minimum atomic E-state index is -4.54. The van der Waals surface area contributed by atoms with Crippen molar-refractivity contribution in [1.82, 2.24) is 0 Å². The van der Waals surface area contributed by atoms with Crippen molar-refractivity contribution in [2.45, 2.75) is 19.2 Å². The molecule has 0 saturated heterocycles.